The van der Waals surface area contributed by atoms with Crippen molar-refractivity contribution in [1.29, 1.82) is 0 Å². The van der Waals surface area contributed by atoms with E-state index in [4.69, 9.17) is 5.73 Å². The Labute approximate surface area is 150 Å². The van der Waals surface area contributed by atoms with E-state index in [-0.39, 0.29) is 29.3 Å². The van der Waals surface area contributed by atoms with Crippen molar-refractivity contribution in [1.82, 2.24) is 10.0 Å². The fourth-order valence-corrected chi connectivity index (χ4v) is 3.79. The molecule has 0 bridgehead atoms. The Hall–Kier alpha value is -1.15. The molecular formula is C16H26ClN3O3S. The summed E-state index contributed by atoms with van der Waals surface area (Å²) >= 11 is 0. The van der Waals surface area contributed by atoms with E-state index in [1.165, 1.54) is 50.6 Å². The normalized spacial score (nSPS) is 16.9. The van der Waals surface area contributed by atoms with Crippen LogP contribution in [0, 0.1) is 5.92 Å². The molecule has 0 aliphatic heterocycles. The fourth-order valence-electron chi connectivity index (χ4n) is 3.06. The largest absolute Gasteiger partial charge is 0.348 e. The summed E-state index contributed by atoms with van der Waals surface area (Å²) in [5.74, 6) is 0.223. The summed E-state index contributed by atoms with van der Waals surface area (Å²) in [4.78, 5) is 12.5. The molecule has 1 aromatic carbocycles. The van der Waals surface area contributed by atoms with Crippen molar-refractivity contribution < 1.29 is 13.2 Å². The standard InChI is InChI=1S/C16H25N3O3S.ClH/c1-18-23(21,22)14-9-7-13(8-10-14)16(20)19-15(11-17)12-5-3-2-4-6-12;/h7-10,12,15,18H,2-6,11,17H2,1H3,(H,19,20);1H. The Balaban J connectivity index is 0.00000288. The van der Waals surface area contributed by atoms with Gasteiger partial charge < -0.3 is 11.1 Å². The molecule has 1 aliphatic rings. The molecule has 6 nitrogen and oxygen atoms in total. The number of nitrogens with one attached hydrogen (secondary N) is 2. The van der Waals surface area contributed by atoms with Gasteiger partial charge in [-0.1, -0.05) is 19.3 Å². The first-order valence-electron chi connectivity index (χ1n) is 8.02. The minimum atomic E-state index is -3.49. The third-order valence-corrected chi connectivity index (χ3v) is 5.92. The highest BCUT2D eigenvalue weighted by Gasteiger charge is 2.24. The predicted octanol–water partition coefficient (Wildman–Crippen LogP) is 1.65. The van der Waals surface area contributed by atoms with E-state index in [0.29, 0.717) is 18.0 Å². The number of carbonyl (C=O) groups excluding carboxylic acids is 1. The van der Waals surface area contributed by atoms with Crippen molar-refractivity contribution >= 4 is 28.3 Å². The molecule has 1 saturated carbocycles. The second kappa shape index (κ2) is 9.36. The lowest BCUT2D eigenvalue weighted by Gasteiger charge is -2.30. The summed E-state index contributed by atoms with van der Waals surface area (Å²) in [6.07, 6.45) is 5.83. The van der Waals surface area contributed by atoms with Crippen LogP contribution in [0.3, 0.4) is 0 Å². The quantitative estimate of drug-likeness (QED) is 0.703. The summed E-state index contributed by atoms with van der Waals surface area (Å²) in [6, 6.07) is 5.88. The van der Waals surface area contributed by atoms with Crippen LogP contribution in [0.15, 0.2) is 29.2 Å². The lowest BCUT2D eigenvalue weighted by atomic mass is 9.84. The van der Waals surface area contributed by atoms with Crippen LogP contribution < -0.4 is 15.8 Å². The van der Waals surface area contributed by atoms with Gasteiger partial charge in [0, 0.05) is 18.2 Å². The highest BCUT2D eigenvalue weighted by Crippen LogP contribution is 2.26. The first-order chi connectivity index (χ1) is 11.0. The van der Waals surface area contributed by atoms with Gasteiger partial charge in [0.05, 0.1) is 4.90 Å². The maximum absolute atomic E-state index is 12.4. The second-order valence-electron chi connectivity index (χ2n) is 5.95. The molecule has 1 aliphatic carbocycles. The van der Waals surface area contributed by atoms with Gasteiger partial charge in [-0.05, 0) is 50.1 Å². The van der Waals surface area contributed by atoms with E-state index < -0.39 is 10.0 Å². The molecule has 0 spiro atoms. The van der Waals surface area contributed by atoms with Gasteiger partial charge in [0.15, 0.2) is 0 Å². The van der Waals surface area contributed by atoms with E-state index in [1.807, 2.05) is 0 Å². The average Bonchev–Trinajstić information content (AvgIpc) is 2.60. The van der Waals surface area contributed by atoms with Crippen molar-refractivity contribution in [2.45, 2.75) is 43.0 Å². The summed E-state index contributed by atoms with van der Waals surface area (Å²) in [6.45, 7) is 0.419. The number of hydrogen-bond acceptors (Lipinski definition) is 4. The van der Waals surface area contributed by atoms with Crippen LogP contribution >= 0.6 is 12.4 Å². The molecule has 24 heavy (non-hydrogen) atoms. The average molecular weight is 376 g/mol. The number of halogens is 1. The van der Waals surface area contributed by atoms with Gasteiger partial charge in [-0.2, -0.15) is 0 Å². The minimum Gasteiger partial charge on any atom is -0.348 e. The maximum atomic E-state index is 12.4. The molecule has 1 aromatic rings. The smallest absolute Gasteiger partial charge is 0.251 e. The van der Waals surface area contributed by atoms with E-state index in [0.717, 1.165) is 12.8 Å². The minimum absolute atomic E-state index is 0. The van der Waals surface area contributed by atoms with Crippen LogP contribution in [0.1, 0.15) is 42.5 Å². The molecule has 4 N–H and O–H groups in total. The molecule has 0 aromatic heterocycles. The number of hydrogen-bond donors (Lipinski definition) is 3. The number of rotatable bonds is 6. The number of nitrogens with two attached hydrogens (primary N) is 1. The van der Waals surface area contributed by atoms with Crippen molar-refractivity contribution in [2.24, 2.45) is 11.7 Å². The summed E-state index contributed by atoms with van der Waals surface area (Å²) in [5, 5.41) is 3.00. The van der Waals surface area contributed by atoms with Gasteiger partial charge >= 0.3 is 0 Å². The van der Waals surface area contributed by atoms with E-state index in [9.17, 15) is 13.2 Å². The van der Waals surface area contributed by atoms with Crippen LogP contribution in [0.4, 0.5) is 0 Å². The predicted molar refractivity (Wildman–Crippen MR) is 96.8 cm³/mol. The van der Waals surface area contributed by atoms with Crippen LogP contribution in [0.5, 0.6) is 0 Å². The van der Waals surface area contributed by atoms with Gasteiger partial charge in [0.2, 0.25) is 10.0 Å². The molecular weight excluding hydrogens is 350 g/mol. The van der Waals surface area contributed by atoms with E-state index >= 15 is 0 Å². The zero-order valence-electron chi connectivity index (χ0n) is 13.8. The van der Waals surface area contributed by atoms with Crippen LogP contribution in [0.25, 0.3) is 0 Å². The zero-order valence-corrected chi connectivity index (χ0v) is 15.5. The first kappa shape index (κ1) is 20.9. The second-order valence-corrected chi connectivity index (χ2v) is 7.83. The lowest BCUT2D eigenvalue weighted by Crippen LogP contribution is -2.45. The molecule has 1 atom stereocenters. The van der Waals surface area contributed by atoms with Crippen LogP contribution in [-0.4, -0.2) is 34.0 Å². The van der Waals surface area contributed by atoms with Crippen molar-refractivity contribution in [3.8, 4) is 0 Å². The fraction of sp³-hybridized carbons (Fsp3) is 0.562. The van der Waals surface area contributed by atoms with Crippen LogP contribution in [-0.2, 0) is 10.0 Å². The topological polar surface area (TPSA) is 101 Å². The molecule has 1 amide bonds. The highest BCUT2D eigenvalue weighted by atomic mass is 35.5. The molecule has 136 valence electrons. The Morgan fingerprint density at radius 1 is 1.21 bits per heavy atom. The summed E-state index contributed by atoms with van der Waals surface area (Å²) in [5.41, 5.74) is 6.27. The van der Waals surface area contributed by atoms with Gasteiger partial charge in [0.1, 0.15) is 0 Å². The number of amides is 1. The molecule has 0 radical (unpaired) electrons. The highest BCUT2D eigenvalue weighted by molar-refractivity contribution is 7.89. The zero-order chi connectivity index (χ0) is 16.9. The van der Waals surface area contributed by atoms with Crippen molar-refractivity contribution in [3.05, 3.63) is 29.8 Å². The Morgan fingerprint density at radius 2 is 1.79 bits per heavy atom. The Bertz CT molecular complexity index is 628. The molecule has 1 unspecified atom stereocenters. The van der Waals surface area contributed by atoms with E-state index in [2.05, 4.69) is 10.0 Å². The van der Waals surface area contributed by atoms with Gasteiger partial charge in [-0.15, -0.1) is 12.4 Å². The SMILES string of the molecule is CNS(=O)(=O)c1ccc(C(=O)NC(CN)C2CCCCC2)cc1.Cl. The van der Waals surface area contributed by atoms with Gasteiger partial charge in [0.25, 0.3) is 5.91 Å². The Kier molecular flexibility index (Phi) is 8.15. The summed E-state index contributed by atoms with van der Waals surface area (Å²) < 4.78 is 25.6. The molecule has 0 heterocycles. The van der Waals surface area contributed by atoms with Gasteiger partial charge in [-0.3, -0.25) is 4.79 Å². The Morgan fingerprint density at radius 3 is 2.29 bits per heavy atom. The lowest BCUT2D eigenvalue weighted by molar-refractivity contribution is 0.0915. The van der Waals surface area contributed by atoms with Crippen molar-refractivity contribution in [3.63, 3.8) is 0 Å². The summed E-state index contributed by atoms with van der Waals surface area (Å²) in [7, 11) is -2.13. The number of benzene rings is 1. The third-order valence-electron chi connectivity index (χ3n) is 4.48. The third kappa shape index (κ3) is 5.17. The molecule has 0 saturated heterocycles. The van der Waals surface area contributed by atoms with Crippen molar-refractivity contribution in [2.75, 3.05) is 13.6 Å². The monoisotopic (exact) mass is 375 g/mol. The first-order valence-corrected chi connectivity index (χ1v) is 9.51. The van der Waals surface area contributed by atoms with Crippen LogP contribution in [0.2, 0.25) is 0 Å². The molecule has 8 heteroatoms. The number of sulfonamides is 1. The molecule has 1 fully saturated rings. The maximum Gasteiger partial charge on any atom is 0.251 e. The number of carbonyl (C=O) groups is 1. The van der Waals surface area contributed by atoms with Gasteiger partial charge in [-0.25, -0.2) is 13.1 Å². The molecule has 2 rings (SSSR count). The van der Waals surface area contributed by atoms with E-state index in [1.54, 1.807) is 0 Å².